The Kier molecular flexibility index (Phi) is 5.73. The highest BCUT2D eigenvalue weighted by Gasteiger charge is 2.30. The number of nitrogens with one attached hydrogen (secondary N) is 3. The SMILES string of the molecule is CC1=C(C(=O)Nc2ccc(Cl)cc2Cl)[C@H](c2ccc(Cl)cc2)NC(=S)N1. The Balaban J connectivity index is 1.95. The minimum atomic E-state index is -0.410. The van der Waals surface area contributed by atoms with Gasteiger partial charge in [-0.05, 0) is 55.0 Å². The maximum Gasteiger partial charge on any atom is 0.255 e. The topological polar surface area (TPSA) is 53.2 Å². The van der Waals surface area contributed by atoms with E-state index >= 15 is 0 Å². The molecule has 26 heavy (non-hydrogen) atoms. The van der Waals surface area contributed by atoms with Gasteiger partial charge in [0.05, 0.1) is 22.3 Å². The van der Waals surface area contributed by atoms with Crippen LogP contribution in [0.4, 0.5) is 5.69 Å². The van der Waals surface area contributed by atoms with E-state index in [1.807, 2.05) is 12.1 Å². The number of carbonyl (C=O) groups is 1. The fourth-order valence-corrected chi connectivity index (χ4v) is 3.53. The molecule has 0 radical (unpaired) electrons. The van der Waals surface area contributed by atoms with E-state index in [0.29, 0.717) is 37.1 Å². The maximum absolute atomic E-state index is 13.0. The van der Waals surface area contributed by atoms with Crippen molar-refractivity contribution in [2.45, 2.75) is 13.0 Å². The second-order valence-electron chi connectivity index (χ2n) is 5.70. The Bertz CT molecular complexity index is 912. The second-order valence-corrected chi connectivity index (χ2v) is 7.39. The monoisotopic (exact) mass is 425 g/mol. The number of thiocarbonyl (C=S) groups is 1. The number of hydrogen-bond acceptors (Lipinski definition) is 2. The second kappa shape index (κ2) is 7.84. The van der Waals surface area contributed by atoms with Gasteiger partial charge in [-0.2, -0.15) is 0 Å². The number of benzene rings is 2. The van der Waals surface area contributed by atoms with E-state index in [1.165, 1.54) is 0 Å². The molecule has 0 saturated carbocycles. The molecule has 1 heterocycles. The number of carbonyl (C=O) groups excluding carboxylic acids is 1. The van der Waals surface area contributed by atoms with Gasteiger partial charge in [-0.25, -0.2) is 0 Å². The summed E-state index contributed by atoms with van der Waals surface area (Å²) in [6.07, 6.45) is 0. The largest absolute Gasteiger partial charge is 0.351 e. The molecule has 1 aliphatic heterocycles. The van der Waals surface area contributed by atoms with E-state index in [-0.39, 0.29) is 5.91 Å². The number of rotatable bonds is 3. The molecule has 0 aromatic heterocycles. The summed E-state index contributed by atoms with van der Waals surface area (Å²) < 4.78 is 0. The zero-order valence-corrected chi connectivity index (χ0v) is 16.7. The Morgan fingerprint density at radius 2 is 1.73 bits per heavy atom. The summed E-state index contributed by atoms with van der Waals surface area (Å²) in [7, 11) is 0. The zero-order valence-electron chi connectivity index (χ0n) is 13.6. The van der Waals surface area contributed by atoms with Crippen LogP contribution in [0.25, 0.3) is 0 Å². The van der Waals surface area contributed by atoms with Gasteiger partial charge in [0.2, 0.25) is 0 Å². The van der Waals surface area contributed by atoms with E-state index in [4.69, 9.17) is 47.0 Å². The lowest BCUT2D eigenvalue weighted by atomic mass is 9.95. The lowest BCUT2D eigenvalue weighted by molar-refractivity contribution is -0.113. The maximum atomic E-state index is 13.0. The minimum absolute atomic E-state index is 0.297. The van der Waals surface area contributed by atoms with Crippen LogP contribution < -0.4 is 16.0 Å². The van der Waals surface area contributed by atoms with Crippen molar-refractivity contribution in [1.82, 2.24) is 10.6 Å². The molecule has 0 bridgehead atoms. The highest BCUT2D eigenvalue weighted by atomic mass is 35.5. The number of anilines is 1. The third-order valence-corrected chi connectivity index (χ3v) is 4.92. The molecule has 4 nitrogen and oxygen atoms in total. The summed E-state index contributed by atoms with van der Waals surface area (Å²) in [6, 6.07) is 11.7. The molecule has 1 aliphatic rings. The predicted molar refractivity (Wildman–Crippen MR) is 111 cm³/mol. The van der Waals surface area contributed by atoms with Gasteiger partial charge in [-0.1, -0.05) is 46.9 Å². The van der Waals surface area contributed by atoms with Crippen LogP contribution in [0.5, 0.6) is 0 Å². The van der Waals surface area contributed by atoms with E-state index in [2.05, 4.69) is 16.0 Å². The first-order chi connectivity index (χ1) is 12.3. The van der Waals surface area contributed by atoms with Crippen molar-refractivity contribution in [3.63, 3.8) is 0 Å². The van der Waals surface area contributed by atoms with Gasteiger partial charge in [0.25, 0.3) is 5.91 Å². The molecule has 0 fully saturated rings. The summed E-state index contributed by atoms with van der Waals surface area (Å²) in [4.78, 5) is 13.0. The summed E-state index contributed by atoms with van der Waals surface area (Å²) in [6.45, 7) is 1.80. The van der Waals surface area contributed by atoms with Crippen LogP contribution >= 0.6 is 47.0 Å². The van der Waals surface area contributed by atoms with E-state index < -0.39 is 6.04 Å². The summed E-state index contributed by atoms with van der Waals surface area (Å²) in [5.74, 6) is -0.297. The van der Waals surface area contributed by atoms with Crippen molar-refractivity contribution < 1.29 is 4.79 Å². The van der Waals surface area contributed by atoms with Crippen LogP contribution in [-0.2, 0) is 4.79 Å². The number of amides is 1. The minimum Gasteiger partial charge on any atom is -0.351 e. The van der Waals surface area contributed by atoms with E-state index in [9.17, 15) is 4.79 Å². The fraction of sp³-hybridized carbons (Fsp3) is 0.111. The molecule has 0 unspecified atom stereocenters. The molecule has 0 saturated heterocycles. The van der Waals surface area contributed by atoms with Crippen LogP contribution in [-0.4, -0.2) is 11.0 Å². The van der Waals surface area contributed by atoms with E-state index in [0.717, 1.165) is 5.56 Å². The van der Waals surface area contributed by atoms with Crippen LogP contribution in [0, 0.1) is 0 Å². The predicted octanol–water partition coefficient (Wildman–Crippen LogP) is 5.08. The molecule has 0 spiro atoms. The van der Waals surface area contributed by atoms with Crippen molar-refractivity contribution in [3.8, 4) is 0 Å². The van der Waals surface area contributed by atoms with Crippen molar-refractivity contribution >= 4 is 63.7 Å². The lowest BCUT2D eigenvalue weighted by Crippen LogP contribution is -2.45. The number of halogens is 3. The third kappa shape index (κ3) is 4.13. The summed E-state index contributed by atoms with van der Waals surface area (Å²) >= 11 is 23.3. The first kappa shape index (κ1) is 19.0. The first-order valence-corrected chi connectivity index (χ1v) is 9.19. The Morgan fingerprint density at radius 3 is 2.38 bits per heavy atom. The van der Waals surface area contributed by atoms with Gasteiger partial charge < -0.3 is 16.0 Å². The quantitative estimate of drug-likeness (QED) is 0.599. The molecule has 2 aromatic rings. The lowest BCUT2D eigenvalue weighted by Gasteiger charge is -2.30. The van der Waals surface area contributed by atoms with Crippen LogP contribution in [0.1, 0.15) is 18.5 Å². The van der Waals surface area contributed by atoms with Gasteiger partial charge >= 0.3 is 0 Å². The van der Waals surface area contributed by atoms with Crippen LogP contribution in [0.15, 0.2) is 53.7 Å². The number of allylic oxidation sites excluding steroid dienone is 1. The van der Waals surface area contributed by atoms with Crippen LogP contribution in [0.2, 0.25) is 15.1 Å². The smallest absolute Gasteiger partial charge is 0.255 e. The van der Waals surface area contributed by atoms with Gasteiger partial charge in [-0.3, -0.25) is 4.79 Å². The molecule has 2 aromatic carbocycles. The third-order valence-electron chi connectivity index (χ3n) is 3.90. The average molecular weight is 427 g/mol. The molecular formula is C18H14Cl3N3OS. The molecule has 1 atom stereocenters. The molecule has 3 rings (SSSR count). The molecule has 1 amide bonds. The van der Waals surface area contributed by atoms with Crippen LogP contribution in [0.3, 0.4) is 0 Å². The molecule has 134 valence electrons. The van der Waals surface area contributed by atoms with Crippen molar-refractivity contribution in [1.29, 1.82) is 0 Å². The molecule has 8 heteroatoms. The first-order valence-electron chi connectivity index (χ1n) is 7.65. The highest BCUT2D eigenvalue weighted by Crippen LogP contribution is 2.30. The van der Waals surface area contributed by atoms with Gasteiger partial charge in [0, 0.05) is 15.7 Å². The van der Waals surface area contributed by atoms with Crippen molar-refractivity contribution in [2.24, 2.45) is 0 Å². The molecular weight excluding hydrogens is 413 g/mol. The van der Waals surface area contributed by atoms with Gasteiger partial charge in [-0.15, -0.1) is 0 Å². The van der Waals surface area contributed by atoms with Crippen molar-refractivity contribution in [3.05, 3.63) is 74.4 Å². The molecule has 3 N–H and O–H groups in total. The van der Waals surface area contributed by atoms with Gasteiger partial charge in [0.1, 0.15) is 0 Å². The normalized spacial score (nSPS) is 16.8. The zero-order chi connectivity index (χ0) is 18.8. The average Bonchev–Trinajstić information content (AvgIpc) is 2.57. The Hall–Kier alpha value is -1.79. The Labute approximate surface area is 171 Å². The summed E-state index contributed by atoms with van der Waals surface area (Å²) in [5, 5.41) is 10.9. The highest BCUT2D eigenvalue weighted by molar-refractivity contribution is 7.80. The van der Waals surface area contributed by atoms with Gasteiger partial charge in [0.15, 0.2) is 5.11 Å². The van der Waals surface area contributed by atoms with E-state index in [1.54, 1.807) is 37.3 Å². The Morgan fingerprint density at radius 1 is 1.08 bits per heavy atom. The standard InChI is InChI=1S/C18H14Cl3N3OS/c1-9-15(17(25)23-14-7-6-12(20)8-13(14)21)16(24-18(26)22-9)10-2-4-11(19)5-3-10/h2-8,16H,1H3,(H,23,25)(H2,22,24,26)/t16-/m0/s1. The van der Waals surface area contributed by atoms with Crippen molar-refractivity contribution in [2.75, 3.05) is 5.32 Å². The molecule has 0 aliphatic carbocycles. The number of hydrogen-bond donors (Lipinski definition) is 3. The summed E-state index contributed by atoms with van der Waals surface area (Å²) in [5.41, 5.74) is 2.51. The fourth-order valence-electron chi connectivity index (χ4n) is 2.68.